The minimum absolute atomic E-state index is 0.785. The van der Waals surface area contributed by atoms with E-state index in [0.29, 0.717) is 0 Å². The van der Waals surface area contributed by atoms with Crippen molar-refractivity contribution in [2.24, 2.45) is 0 Å². The number of fused-ring (bicyclic) bond motifs is 7. The summed E-state index contributed by atoms with van der Waals surface area (Å²) in [6.45, 7) is 0. The molecule has 0 spiro atoms. The second-order valence-electron chi connectivity index (χ2n) is 11.9. The number of pyridine rings is 1. The highest BCUT2D eigenvalue weighted by atomic mass is 31.2. The Balaban J connectivity index is 1.20. The molecule has 0 aliphatic rings. The Morgan fingerprint density at radius 3 is 1.83 bits per heavy atom. The van der Waals surface area contributed by atoms with Crippen molar-refractivity contribution >= 4 is 66.7 Å². The third-order valence-corrected chi connectivity index (χ3v) is 12.2. The van der Waals surface area contributed by atoms with E-state index in [9.17, 15) is 4.57 Å². The van der Waals surface area contributed by atoms with Crippen molar-refractivity contribution in [2.45, 2.75) is 0 Å². The van der Waals surface area contributed by atoms with Crippen molar-refractivity contribution in [3.8, 4) is 22.4 Å². The van der Waals surface area contributed by atoms with E-state index >= 15 is 0 Å². The molecule has 222 valence electrons. The van der Waals surface area contributed by atoms with Crippen molar-refractivity contribution in [3.63, 3.8) is 0 Å². The maximum atomic E-state index is 14.9. The fraction of sp³-hybridized carbons (Fsp3) is 0. The Morgan fingerprint density at radius 2 is 1.09 bits per heavy atom. The molecular formula is C43H28NO2P. The van der Waals surface area contributed by atoms with Crippen molar-refractivity contribution in [2.75, 3.05) is 0 Å². The lowest BCUT2D eigenvalue weighted by atomic mass is 9.98. The van der Waals surface area contributed by atoms with E-state index in [1.165, 1.54) is 0 Å². The number of hydrogen-bond acceptors (Lipinski definition) is 3. The fourth-order valence-corrected chi connectivity index (χ4v) is 9.50. The van der Waals surface area contributed by atoms with E-state index in [4.69, 9.17) is 9.40 Å². The maximum Gasteiger partial charge on any atom is 0.171 e. The number of para-hydroxylation sites is 1. The summed E-state index contributed by atoms with van der Waals surface area (Å²) in [4.78, 5) is 5.31. The van der Waals surface area contributed by atoms with Crippen LogP contribution in [0, 0.1) is 0 Å². The van der Waals surface area contributed by atoms with Crippen molar-refractivity contribution in [1.82, 2.24) is 4.98 Å². The summed E-state index contributed by atoms with van der Waals surface area (Å²) >= 11 is 0. The number of rotatable bonds is 5. The van der Waals surface area contributed by atoms with E-state index in [1.807, 2.05) is 84.9 Å². The smallest absolute Gasteiger partial charge is 0.171 e. The molecule has 7 aromatic carbocycles. The molecule has 0 bridgehead atoms. The predicted molar refractivity (Wildman–Crippen MR) is 197 cm³/mol. The Labute approximate surface area is 272 Å². The van der Waals surface area contributed by atoms with Gasteiger partial charge in [0.2, 0.25) is 0 Å². The fourth-order valence-electron chi connectivity index (χ4n) is 6.85. The third kappa shape index (κ3) is 4.43. The van der Waals surface area contributed by atoms with Crippen LogP contribution in [0.5, 0.6) is 0 Å². The van der Waals surface area contributed by atoms with Crippen LogP contribution in [0.2, 0.25) is 0 Å². The van der Waals surface area contributed by atoms with Crippen molar-refractivity contribution in [1.29, 1.82) is 0 Å². The number of hydrogen-bond donors (Lipinski definition) is 0. The second-order valence-corrected chi connectivity index (χ2v) is 14.6. The third-order valence-electron chi connectivity index (χ3n) is 9.14. The lowest BCUT2D eigenvalue weighted by Crippen LogP contribution is -2.24. The first-order chi connectivity index (χ1) is 23.2. The van der Waals surface area contributed by atoms with Gasteiger partial charge < -0.3 is 8.98 Å². The molecule has 47 heavy (non-hydrogen) atoms. The van der Waals surface area contributed by atoms with Gasteiger partial charge in [-0.05, 0) is 28.6 Å². The van der Waals surface area contributed by atoms with E-state index in [0.717, 1.165) is 81.9 Å². The standard InChI is InChI=1S/C43H28NO2P/c45-47(33-15-3-1-4-16-33,34-17-5-2-6-18-34)35-25-22-29(23-26-35)31-13-11-14-32(28-31)41-43-40(37-20-9-10-21-39(37)46-43)38-27-24-30-12-7-8-19-36(30)42(38)44-41/h1-28H. The molecule has 0 saturated heterocycles. The molecule has 0 fully saturated rings. The lowest BCUT2D eigenvalue weighted by molar-refractivity contribution is 0.592. The second kappa shape index (κ2) is 10.9. The summed E-state index contributed by atoms with van der Waals surface area (Å²) in [6.07, 6.45) is 0. The summed E-state index contributed by atoms with van der Waals surface area (Å²) in [5.41, 5.74) is 6.47. The monoisotopic (exact) mass is 621 g/mol. The quantitative estimate of drug-likeness (QED) is 0.142. The number of benzene rings is 7. The molecular weight excluding hydrogens is 593 g/mol. The van der Waals surface area contributed by atoms with Gasteiger partial charge in [0, 0.05) is 43.0 Å². The van der Waals surface area contributed by atoms with Crippen molar-refractivity contribution in [3.05, 3.63) is 170 Å². The molecule has 9 aromatic rings. The largest absolute Gasteiger partial charge is 0.454 e. The van der Waals surface area contributed by atoms with Gasteiger partial charge in [0.1, 0.15) is 11.3 Å². The number of nitrogens with zero attached hydrogens (tertiary/aromatic N) is 1. The zero-order valence-corrected chi connectivity index (χ0v) is 26.3. The van der Waals surface area contributed by atoms with Crippen LogP contribution in [0.1, 0.15) is 0 Å². The zero-order valence-electron chi connectivity index (χ0n) is 25.4. The summed E-state index contributed by atoms with van der Waals surface area (Å²) in [6, 6.07) is 57.2. The zero-order chi connectivity index (χ0) is 31.4. The van der Waals surface area contributed by atoms with Crippen LogP contribution in [0.25, 0.3) is 66.0 Å². The SMILES string of the molecule is O=P(c1ccccc1)(c1ccccc1)c1ccc(-c2cccc(-c3nc4c5ccccc5ccc4c4c3oc3ccccc34)c2)cc1. The first-order valence-corrected chi connectivity index (χ1v) is 17.4. The van der Waals surface area contributed by atoms with Crippen LogP contribution < -0.4 is 15.9 Å². The highest BCUT2D eigenvalue weighted by Gasteiger charge is 2.29. The molecule has 0 atom stereocenters. The van der Waals surface area contributed by atoms with Gasteiger partial charge in [-0.25, -0.2) is 4.98 Å². The molecule has 2 heterocycles. The van der Waals surface area contributed by atoms with Gasteiger partial charge in [-0.3, -0.25) is 0 Å². The van der Waals surface area contributed by atoms with Crippen molar-refractivity contribution < 1.29 is 8.98 Å². The minimum atomic E-state index is -3.05. The molecule has 4 heteroatoms. The molecule has 3 nitrogen and oxygen atoms in total. The molecule has 0 radical (unpaired) electrons. The molecule has 0 amide bonds. The van der Waals surface area contributed by atoms with Crippen LogP contribution in [0.4, 0.5) is 0 Å². The molecule has 9 rings (SSSR count). The molecule has 2 aromatic heterocycles. The molecule has 0 unspecified atom stereocenters. The van der Waals surface area contributed by atoms with E-state index in [2.05, 4.69) is 84.9 Å². The predicted octanol–water partition coefficient (Wildman–Crippen LogP) is 10.3. The number of aromatic nitrogens is 1. The Kier molecular flexibility index (Phi) is 6.41. The molecule has 0 aliphatic heterocycles. The first-order valence-electron chi connectivity index (χ1n) is 15.7. The lowest BCUT2D eigenvalue weighted by Gasteiger charge is -2.20. The summed E-state index contributed by atoms with van der Waals surface area (Å²) in [5.74, 6) is 0. The van der Waals surface area contributed by atoms with Gasteiger partial charge >= 0.3 is 0 Å². The van der Waals surface area contributed by atoms with Crippen LogP contribution in [-0.4, -0.2) is 4.98 Å². The Bertz CT molecular complexity index is 2600. The highest BCUT2D eigenvalue weighted by molar-refractivity contribution is 7.85. The average molecular weight is 622 g/mol. The van der Waals surface area contributed by atoms with Gasteiger partial charge in [0.25, 0.3) is 0 Å². The van der Waals surface area contributed by atoms with Crippen LogP contribution in [0.15, 0.2) is 174 Å². The molecule has 0 N–H and O–H groups in total. The average Bonchev–Trinajstić information content (AvgIpc) is 3.55. The topological polar surface area (TPSA) is 43.1 Å². The number of furan rings is 1. The van der Waals surface area contributed by atoms with Crippen LogP contribution in [-0.2, 0) is 4.57 Å². The van der Waals surface area contributed by atoms with Crippen LogP contribution in [0.3, 0.4) is 0 Å². The highest BCUT2D eigenvalue weighted by Crippen LogP contribution is 2.44. The van der Waals surface area contributed by atoms with E-state index < -0.39 is 7.14 Å². The van der Waals surface area contributed by atoms with E-state index in [-0.39, 0.29) is 0 Å². The van der Waals surface area contributed by atoms with Gasteiger partial charge in [-0.1, -0.05) is 158 Å². The molecule has 0 saturated carbocycles. The first kappa shape index (κ1) is 27.5. The van der Waals surface area contributed by atoms with E-state index in [1.54, 1.807) is 0 Å². The van der Waals surface area contributed by atoms with Gasteiger partial charge in [0.15, 0.2) is 12.7 Å². The normalized spacial score (nSPS) is 11.9. The van der Waals surface area contributed by atoms with Gasteiger partial charge in [0.05, 0.1) is 5.52 Å². The van der Waals surface area contributed by atoms with Gasteiger partial charge in [-0.15, -0.1) is 0 Å². The van der Waals surface area contributed by atoms with Crippen LogP contribution >= 0.6 is 7.14 Å². The Morgan fingerprint density at radius 1 is 0.468 bits per heavy atom. The summed E-state index contributed by atoms with van der Waals surface area (Å²) in [7, 11) is -3.05. The summed E-state index contributed by atoms with van der Waals surface area (Å²) < 4.78 is 21.4. The Hall–Kier alpha value is -5.76. The maximum absolute atomic E-state index is 14.9. The minimum Gasteiger partial charge on any atom is -0.454 e. The van der Waals surface area contributed by atoms with Gasteiger partial charge in [-0.2, -0.15) is 0 Å². The summed E-state index contributed by atoms with van der Waals surface area (Å²) in [5, 5.41) is 7.98. The molecule has 0 aliphatic carbocycles.